The number of carbonyl (C=O) groups excluding carboxylic acids is 1. The Morgan fingerprint density at radius 2 is 2.04 bits per heavy atom. The van der Waals surface area contributed by atoms with E-state index in [1.54, 1.807) is 19.2 Å². The Morgan fingerprint density at radius 1 is 1.29 bits per heavy atom. The van der Waals surface area contributed by atoms with E-state index in [-0.39, 0.29) is 11.8 Å². The first kappa shape index (κ1) is 16.2. The molecule has 0 saturated carbocycles. The van der Waals surface area contributed by atoms with Crippen LogP contribution in [0.1, 0.15) is 17.0 Å². The van der Waals surface area contributed by atoms with Crippen molar-refractivity contribution >= 4 is 23.2 Å². The van der Waals surface area contributed by atoms with Crippen molar-refractivity contribution in [3.8, 4) is 5.75 Å². The molecule has 7 heteroatoms. The lowest BCUT2D eigenvalue weighted by Gasteiger charge is -2.20. The van der Waals surface area contributed by atoms with Gasteiger partial charge in [0.15, 0.2) is 0 Å². The maximum absolute atomic E-state index is 12.5. The third-order valence-corrected chi connectivity index (χ3v) is 4.37. The molecule has 1 aliphatic rings. The smallest absolute Gasteiger partial charge is 0.234 e. The Balaban J connectivity index is 2.07. The molecule has 0 aromatic heterocycles. The number of nitrogens with one attached hydrogen (secondary N) is 1. The molecule has 2 aromatic rings. The van der Waals surface area contributed by atoms with E-state index in [1.807, 2.05) is 30.3 Å². The maximum atomic E-state index is 12.5. The van der Waals surface area contributed by atoms with Crippen LogP contribution >= 0.6 is 11.6 Å². The second-order valence-corrected chi connectivity index (χ2v) is 5.96. The fourth-order valence-electron chi connectivity index (χ4n) is 2.93. The van der Waals surface area contributed by atoms with Crippen LogP contribution in [0.4, 0.5) is 5.69 Å². The van der Waals surface area contributed by atoms with E-state index in [0.29, 0.717) is 17.1 Å². The number of halogens is 1. The molecule has 0 saturated heterocycles. The quantitative estimate of drug-likeness (QED) is 0.512. The highest BCUT2D eigenvalue weighted by Gasteiger charge is 2.33. The molecular weight excluding hydrogens is 328 g/mol. The number of benzene rings is 2. The molecule has 1 heterocycles. The lowest BCUT2D eigenvalue weighted by atomic mass is 9.86. The summed E-state index contributed by atoms with van der Waals surface area (Å²) in [6.45, 7) is 0. The van der Waals surface area contributed by atoms with Gasteiger partial charge >= 0.3 is 0 Å². The highest BCUT2D eigenvalue weighted by molar-refractivity contribution is 6.30. The third kappa shape index (κ3) is 3.15. The van der Waals surface area contributed by atoms with Crippen molar-refractivity contribution in [3.63, 3.8) is 0 Å². The molecule has 0 fully saturated rings. The number of nitrogens with zero attached hydrogens (tertiary/aromatic N) is 3. The Labute approximate surface area is 144 Å². The molecule has 0 radical (unpaired) electrons. The van der Waals surface area contributed by atoms with Gasteiger partial charge in [-0.25, -0.2) is 0 Å². The molecule has 24 heavy (non-hydrogen) atoms. The van der Waals surface area contributed by atoms with E-state index in [2.05, 4.69) is 15.3 Å². The Kier molecular flexibility index (Phi) is 4.60. The molecule has 2 aromatic carbocycles. The van der Waals surface area contributed by atoms with Crippen molar-refractivity contribution in [3.05, 3.63) is 69.1 Å². The highest BCUT2D eigenvalue weighted by atomic mass is 35.5. The Bertz CT molecular complexity index is 816. The second-order valence-electron chi connectivity index (χ2n) is 5.52. The van der Waals surface area contributed by atoms with Crippen LogP contribution < -0.4 is 10.1 Å². The number of hydrogen-bond donors (Lipinski definition) is 1. The predicted octanol–water partition coefficient (Wildman–Crippen LogP) is 4.31. The van der Waals surface area contributed by atoms with Crippen molar-refractivity contribution < 1.29 is 9.53 Å². The normalized spacial score (nSPS) is 19.5. The number of anilines is 1. The van der Waals surface area contributed by atoms with Crippen molar-refractivity contribution in [1.29, 1.82) is 0 Å². The number of rotatable bonds is 3. The van der Waals surface area contributed by atoms with Gasteiger partial charge in [-0.2, -0.15) is 0 Å². The average molecular weight is 343 g/mol. The number of amides is 1. The minimum absolute atomic E-state index is 0.286. The van der Waals surface area contributed by atoms with Crippen molar-refractivity contribution in [2.24, 2.45) is 5.11 Å². The first-order valence-corrected chi connectivity index (χ1v) is 7.77. The zero-order chi connectivity index (χ0) is 17.1. The summed E-state index contributed by atoms with van der Waals surface area (Å²) in [5.41, 5.74) is 11.4. The molecule has 1 N–H and O–H groups in total. The molecule has 3 rings (SSSR count). The molecule has 0 unspecified atom stereocenters. The van der Waals surface area contributed by atoms with Crippen LogP contribution in [-0.4, -0.2) is 19.1 Å². The number of hydrogen-bond acceptors (Lipinski definition) is 3. The molecule has 1 aliphatic heterocycles. The van der Waals surface area contributed by atoms with Crippen LogP contribution in [-0.2, 0) is 11.2 Å². The molecule has 0 spiro atoms. The van der Waals surface area contributed by atoms with Crippen LogP contribution in [0.3, 0.4) is 0 Å². The lowest BCUT2D eigenvalue weighted by molar-refractivity contribution is -0.117. The molecule has 1 amide bonds. The van der Waals surface area contributed by atoms with Crippen molar-refractivity contribution in [1.82, 2.24) is 0 Å². The van der Waals surface area contributed by atoms with Gasteiger partial charge in [-0.05, 0) is 53.4 Å². The van der Waals surface area contributed by atoms with Gasteiger partial charge in [0, 0.05) is 21.5 Å². The van der Waals surface area contributed by atoms with Gasteiger partial charge in [0.1, 0.15) is 11.8 Å². The van der Waals surface area contributed by atoms with Gasteiger partial charge in [0.25, 0.3) is 0 Å². The van der Waals surface area contributed by atoms with Gasteiger partial charge in [-0.3, -0.25) is 4.79 Å². The SMILES string of the molecule is COc1ccc([C@@H]2Cc3cc(Cl)ccc3NC(=O)[C@@H]2N=[N+]=[N-])cc1. The van der Waals surface area contributed by atoms with Crippen molar-refractivity contribution in [2.75, 3.05) is 12.4 Å². The van der Waals surface area contributed by atoms with E-state index >= 15 is 0 Å². The number of methoxy groups -OCH3 is 1. The summed E-state index contributed by atoms with van der Waals surface area (Å²) in [7, 11) is 1.59. The van der Waals surface area contributed by atoms with E-state index < -0.39 is 6.04 Å². The molecule has 0 bridgehead atoms. The monoisotopic (exact) mass is 342 g/mol. The highest BCUT2D eigenvalue weighted by Crippen LogP contribution is 2.35. The van der Waals surface area contributed by atoms with E-state index in [4.69, 9.17) is 21.9 Å². The number of fused-ring (bicyclic) bond motifs is 1. The van der Waals surface area contributed by atoms with Crippen LogP contribution in [0, 0.1) is 0 Å². The minimum atomic E-state index is -0.838. The third-order valence-electron chi connectivity index (χ3n) is 4.13. The largest absolute Gasteiger partial charge is 0.497 e. The molecule has 6 nitrogen and oxygen atoms in total. The van der Waals surface area contributed by atoms with Crippen LogP contribution in [0.2, 0.25) is 5.02 Å². The van der Waals surface area contributed by atoms with Gasteiger partial charge in [0.05, 0.1) is 7.11 Å². The van der Waals surface area contributed by atoms with Gasteiger partial charge in [-0.15, -0.1) is 0 Å². The van der Waals surface area contributed by atoms with Crippen LogP contribution in [0.15, 0.2) is 47.6 Å². The number of carbonyl (C=O) groups is 1. The first-order valence-electron chi connectivity index (χ1n) is 7.40. The zero-order valence-electron chi connectivity index (χ0n) is 12.9. The Morgan fingerprint density at radius 3 is 2.71 bits per heavy atom. The molecule has 0 aliphatic carbocycles. The summed E-state index contributed by atoms with van der Waals surface area (Å²) in [5, 5.41) is 7.15. The minimum Gasteiger partial charge on any atom is -0.497 e. The maximum Gasteiger partial charge on any atom is 0.234 e. The standard InChI is InChI=1S/C17H15ClN4O2/c1-24-13-5-2-10(3-6-13)14-9-11-8-12(18)4-7-15(11)20-17(23)16(14)21-22-19/h2-8,14,16H,9H2,1H3,(H,20,23)/t14-,16+/m0/s1. The summed E-state index contributed by atoms with van der Waals surface area (Å²) in [5.74, 6) is 0.113. The molecular formula is C17H15ClN4O2. The predicted molar refractivity (Wildman–Crippen MR) is 92.5 cm³/mol. The topological polar surface area (TPSA) is 87.1 Å². The molecule has 2 atom stereocenters. The van der Waals surface area contributed by atoms with Crippen LogP contribution in [0.25, 0.3) is 10.4 Å². The van der Waals surface area contributed by atoms with Crippen molar-refractivity contribution in [2.45, 2.75) is 18.4 Å². The number of azide groups is 1. The number of ether oxygens (including phenoxy) is 1. The van der Waals surface area contributed by atoms with E-state index in [0.717, 1.165) is 16.9 Å². The average Bonchev–Trinajstić information content (AvgIpc) is 2.72. The Hall–Kier alpha value is -2.69. The first-order chi connectivity index (χ1) is 11.6. The fourth-order valence-corrected chi connectivity index (χ4v) is 3.13. The zero-order valence-corrected chi connectivity index (χ0v) is 13.7. The summed E-state index contributed by atoms with van der Waals surface area (Å²) in [6, 6.07) is 11.9. The summed E-state index contributed by atoms with van der Waals surface area (Å²) in [4.78, 5) is 15.4. The summed E-state index contributed by atoms with van der Waals surface area (Å²) < 4.78 is 5.17. The van der Waals surface area contributed by atoms with E-state index in [9.17, 15) is 4.79 Å². The summed E-state index contributed by atoms with van der Waals surface area (Å²) >= 11 is 6.09. The van der Waals surface area contributed by atoms with Crippen LogP contribution in [0.5, 0.6) is 5.75 Å². The lowest BCUT2D eigenvalue weighted by Crippen LogP contribution is -2.30. The van der Waals surface area contributed by atoms with Gasteiger partial charge < -0.3 is 10.1 Å². The summed E-state index contributed by atoms with van der Waals surface area (Å²) in [6.07, 6.45) is 0.532. The van der Waals surface area contributed by atoms with Gasteiger partial charge in [-0.1, -0.05) is 28.8 Å². The van der Waals surface area contributed by atoms with E-state index in [1.165, 1.54) is 0 Å². The molecule has 122 valence electrons. The second kappa shape index (κ2) is 6.83. The fraction of sp³-hybridized carbons (Fsp3) is 0.235. The van der Waals surface area contributed by atoms with Gasteiger partial charge in [0.2, 0.25) is 5.91 Å².